The molecule has 0 bridgehead atoms. The first-order chi connectivity index (χ1) is 12.7. The van der Waals surface area contributed by atoms with Gasteiger partial charge in [-0.25, -0.2) is 4.39 Å². The molecule has 0 fully saturated rings. The second-order valence-corrected chi connectivity index (χ2v) is 6.39. The zero-order valence-electron chi connectivity index (χ0n) is 14.9. The first-order valence-electron chi connectivity index (χ1n) is 8.50. The van der Waals surface area contributed by atoms with Gasteiger partial charge in [0.2, 0.25) is 6.29 Å². The number of alkyl halides is 3. The number of aliphatic imine (C=N–C) groups is 1. The first-order valence-corrected chi connectivity index (χ1v) is 8.50. The van der Waals surface area contributed by atoms with Crippen LogP contribution in [0.3, 0.4) is 0 Å². The van der Waals surface area contributed by atoms with E-state index in [1.54, 1.807) is 32.0 Å². The van der Waals surface area contributed by atoms with Gasteiger partial charge in [0, 0.05) is 5.56 Å². The largest absolute Gasteiger partial charge is 0.416 e. The summed E-state index contributed by atoms with van der Waals surface area (Å²) in [4.78, 5) is 4.40. The highest BCUT2D eigenvalue weighted by Gasteiger charge is 2.32. The summed E-state index contributed by atoms with van der Waals surface area (Å²) in [5.74, 6) is -0.374. The summed E-state index contributed by atoms with van der Waals surface area (Å²) in [5, 5.41) is 0. The fourth-order valence-corrected chi connectivity index (χ4v) is 2.91. The molecule has 3 rings (SSSR count). The molecule has 0 N–H and O–H groups in total. The Kier molecular flexibility index (Phi) is 5.62. The Bertz CT molecular complexity index is 831. The topological polar surface area (TPSA) is 30.8 Å². The quantitative estimate of drug-likeness (QED) is 0.692. The summed E-state index contributed by atoms with van der Waals surface area (Å²) in [6.45, 7) is 4.04. The monoisotopic (exact) mass is 381 g/mol. The summed E-state index contributed by atoms with van der Waals surface area (Å²) < 4.78 is 63.9. The van der Waals surface area contributed by atoms with E-state index in [0.29, 0.717) is 35.6 Å². The number of rotatable bonds is 4. The fourth-order valence-electron chi connectivity index (χ4n) is 2.91. The molecule has 2 aromatic rings. The molecule has 0 spiro atoms. The van der Waals surface area contributed by atoms with E-state index in [1.807, 2.05) is 0 Å². The van der Waals surface area contributed by atoms with Gasteiger partial charge in [-0.15, -0.1) is 0 Å². The van der Waals surface area contributed by atoms with Crippen LogP contribution >= 0.6 is 0 Å². The minimum Gasteiger partial charge on any atom is -0.345 e. The summed E-state index contributed by atoms with van der Waals surface area (Å²) >= 11 is 0. The molecule has 0 aromatic heterocycles. The number of aryl methyl sites for hydroxylation is 1. The van der Waals surface area contributed by atoms with Crippen molar-refractivity contribution in [2.24, 2.45) is 4.99 Å². The van der Waals surface area contributed by atoms with Crippen molar-refractivity contribution in [3.8, 4) is 0 Å². The molecule has 0 unspecified atom stereocenters. The molecule has 0 amide bonds. The normalized spacial score (nSPS) is 18.9. The van der Waals surface area contributed by atoms with Gasteiger partial charge in [-0.3, -0.25) is 4.99 Å². The maximum Gasteiger partial charge on any atom is 0.416 e. The van der Waals surface area contributed by atoms with Crippen molar-refractivity contribution in [3.63, 3.8) is 0 Å². The Hall–Kier alpha value is -2.25. The van der Waals surface area contributed by atoms with Gasteiger partial charge in [0.15, 0.2) is 0 Å². The first kappa shape index (κ1) is 19.5. The molecule has 27 heavy (non-hydrogen) atoms. The van der Waals surface area contributed by atoms with Gasteiger partial charge in [-0.05, 0) is 43.7 Å². The van der Waals surface area contributed by atoms with E-state index in [9.17, 15) is 17.6 Å². The minimum atomic E-state index is -4.43. The highest BCUT2D eigenvalue weighted by atomic mass is 19.4. The minimum absolute atomic E-state index is 0.337. The molecule has 0 saturated carbocycles. The van der Waals surface area contributed by atoms with Gasteiger partial charge >= 0.3 is 6.18 Å². The average Bonchev–Trinajstić information content (AvgIpc) is 2.62. The van der Waals surface area contributed by atoms with E-state index in [0.717, 1.165) is 12.1 Å². The highest BCUT2D eigenvalue weighted by Crippen LogP contribution is 2.33. The standard InChI is InChI=1S/C20H19F4NO2/c1-12-9-15(11-16(10-12)20(22,23)24)13(2)27-19-18(25-7-8-26-19)14-3-5-17(21)6-4-14/h3-6,9-11,13,19H,7-8H2,1-2H3/t13-,19+/m1/s1. The summed E-state index contributed by atoms with van der Waals surface area (Å²) in [7, 11) is 0. The van der Waals surface area contributed by atoms with Crippen LogP contribution < -0.4 is 0 Å². The van der Waals surface area contributed by atoms with Crippen LogP contribution in [-0.4, -0.2) is 25.2 Å². The van der Waals surface area contributed by atoms with Crippen LogP contribution in [0, 0.1) is 12.7 Å². The van der Waals surface area contributed by atoms with Crippen molar-refractivity contribution in [3.05, 3.63) is 70.5 Å². The van der Waals surface area contributed by atoms with E-state index in [1.165, 1.54) is 12.1 Å². The van der Waals surface area contributed by atoms with E-state index >= 15 is 0 Å². The summed E-state index contributed by atoms with van der Waals surface area (Å²) in [5.41, 5.74) is 1.32. The number of nitrogens with zero attached hydrogens (tertiary/aromatic N) is 1. The Labute approximate surface area is 154 Å². The van der Waals surface area contributed by atoms with E-state index in [-0.39, 0.29) is 5.82 Å². The molecule has 1 aliphatic rings. The summed E-state index contributed by atoms with van der Waals surface area (Å²) in [6, 6.07) is 9.58. The molecule has 0 saturated heterocycles. The predicted molar refractivity (Wildman–Crippen MR) is 93.2 cm³/mol. The molecule has 0 aliphatic carbocycles. The van der Waals surface area contributed by atoms with Crippen LogP contribution in [0.2, 0.25) is 0 Å². The van der Waals surface area contributed by atoms with Crippen LogP contribution in [-0.2, 0) is 15.7 Å². The molecule has 1 heterocycles. The third kappa shape index (κ3) is 4.73. The van der Waals surface area contributed by atoms with E-state index in [2.05, 4.69) is 4.99 Å². The van der Waals surface area contributed by atoms with Gasteiger partial charge in [-0.2, -0.15) is 13.2 Å². The lowest BCUT2D eigenvalue weighted by atomic mass is 10.0. The number of ether oxygens (including phenoxy) is 2. The molecule has 3 nitrogen and oxygen atoms in total. The molecule has 2 aromatic carbocycles. The van der Waals surface area contributed by atoms with Crippen molar-refractivity contribution < 1.29 is 27.0 Å². The maximum atomic E-state index is 13.2. The van der Waals surface area contributed by atoms with Crippen LogP contribution in [0.4, 0.5) is 17.6 Å². The van der Waals surface area contributed by atoms with Crippen molar-refractivity contribution in [1.29, 1.82) is 0 Å². The van der Waals surface area contributed by atoms with Gasteiger partial charge in [0.1, 0.15) is 5.82 Å². The Morgan fingerprint density at radius 1 is 1.15 bits per heavy atom. The molecule has 1 aliphatic heterocycles. The lowest BCUT2D eigenvalue weighted by molar-refractivity contribution is -0.138. The van der Waals surface area contributed by atoms with Crippen LogP contribution in [0.25, 0.3) is 0 Å². The van der Waals surface area contributed by atoms with Crippen molar-refractivity contribution in [1.82, 2.24) is 0 Å². The third-order valence-corrected chi connectivity index (χ3v) is 4.23. The molecular formula is C20H19F4NO2. The van der Waals surface area contributed by atoms with Crippen LogP contribution in [0.5, 0.6) is 0 Å². The van der Waals surface area contributed by atoms with Crippen molar-refractivity contribution >= 4 is 5.71 Å². The lowest BCUT2D eigenvalue weighted by Gasteiger charge is -2.27. The predicted octanol–water partition coefficient (Wildman–Crippen LogP) is 5.08. The second kappa shape index (κ2) is 7.78. The van der Waals surface area contributed by atoms with Crippen molar-refractivity contribution in [2.75, 3.05) is 13.2 Å². The van der Waals surface area contributed by atoms with Gasteiger partial charge in [0.25, 0.3) is 0 Å². The molecule has 2 atom stereocenters. The van der Waals surface area contributed by atoms with Crippen molar-refractivity contribution in [2.45, 2.75) is 32.4 Å². The number of halogens is 4. The Morgan fingerprint density at radius 3 is 2.52 bits per heavy atom. The summed E-state index contributed by atoms with van der Waals surface area (Å²) in [6.07, 6.45) is -5.92. The molecule has 144 valence electrons. The third-order valence-electron chi connectivity index (χ3n) is 4.23. The zero-order chi connectivity index (χ0) is 19.6. The average molecular weight is 381 g/mol. The van der Waals surface area contributed by atoms with E-state index in [4.69, 9.17) is 9.47 Å². The molecular weight excluding hydrogens is 362 g/mol. The van der Waals surface area contributed by atoms with Crippen LogP contribution in [0.15, 0.2) is 47.5 Å². The second-order valence-electron chi connectivity index (χ2n) is 6.39. The fraction of sp³-hybridized carbons (Fsp3) is 0.350. The number of benzene rings is 2. The Morgan fingerprint density at radius 2 is 1.85 bits per heavy atom. The number of hydrogen-bond acceptors (Lipinski definition) is 3. The van der Waals surface area contributed by atoms with Gasteiger partial charge in [0.05, 0.1) is 30.5 Å². The zero-order valence-corrected chi connectivity index (χ0v) is 14.9. The smallest absolute Gasteiger partial charge is 0.345 e. The molecule has 7 heteroatoms. The van der Waals surface area contributed by atoms with Crippen LogP contribution in [0.1, 0.15) is 35.3 Å². The van der Waals surface area contributed by atoms with E-state index < -0.39 is 24.1 Å². The lowest BCUT2D eigenvalue weighted by Crippen LogP contribution is -2.34. The molecule has 0 radical (unpaired) electrons. The maximum absolute atomic E-state index is 13.2. The number of hydrogen-bond donors (Lipinski definition) is 0. The van der Waals surface area contributed by atoms with Gasteiger partial charge < -0.3 is 9.47 Å². The Balaban J connectivity index is 1.83. The van der Waals surface area contributed by atoms with Gasteiger partial charge in [-0.1, -0.05) is 23.8 Å². The highest BCUT2D eigenvalue weighted by molar-refractivity contribution is 6.03. The SMILES string of the molecule is Cc1cc([C@@H](C)O[C@@H]2OCCN=C2c2ccc(F)cc2)cc(C(F)(F)F)c1.